The van der Waals surface area contributed by atoms with Crippen LogP contribution in [0.4, 0.5) is 0 Å². The molecule has 1 aliphatic rings. The molecule has 33 heavy (non-hydrogen) atoms. The highest BCUT2D eigenvalue weighted by Gasteiger charge is 2.46. The van der Waals surface area contributed by atoms with Crippen LogP contribution in [0.2, 0.25) is 0 Å². The molecule has 1 saturated heterocycles. The van der Waals surface area contributed by atoms with Gasteiger partial charge >= 0.3 is 0 Å². The first-order valence-corrected chi connectivity index (χ1v) is 10.9. The van der Waals surface area contributed by atoms with Crippen molar-refractivity contribution in [2.24, 2.45) is 0 Å². The van der Waals surface area contributed by atoms with E-state index in [0.717, 1.165) is 6.42 Å². The van der Waals surface area contributed by atoms with E-state index in [4.69, 9.17) is 9.47 Å². The average Bonchev–Trinajstić information content (AvgIpc) is 3.29. The van der Waals surface area contributed by atoms with Gasteiger partial charge in [0, 0.05) is 19.9 Å². The van der Waals surface area contributed by atoms with E-state index in [1.165, 1.54) is 12.0 Å². The fourth-order valence-electron chi connectivity index (χ4n) is 4.14. The third kappa shape index (κ3) is 4.09. The molecule has 1 aliphatic heterocycles. The molecule has 8 nitrogen and oxygen atoms in total. The minimum absolute atomic E-state index is 0.0343. The number of imidazole rings is 1. The second kappa shape index (κ2) is 9.46. The molecule has 3 aromatic rings. The number of nitrogens with zero attached hydrogens (tertiary/aromatic N) is 3. The van der Waals surface area contributed by atoms with Gasteiger partial charge in [0.1, 0.15) is 17.1 Å². The summed E-state index contributed by atoms with van der Waals surface area (Å²) in [5.41, 5.74) is 2.32. The van der Waals surface area contributed by atoms with Gasteiger partial charge in [-0.25, -0.2) is 4.98 Å². The fraction of sp³-hybridized carbons (Fsp3) is 0.320. The van der Waals surface area contributed by atoms with Crippen LogP contribution < -0.4 is 4.74 Å². The number of benzene rings is 1. The lowest BCUT2D eigenvalue weighted by Crippen LogP contribution is -2.32. The zero-order valence-corrected chi connectivity index (χ0v) is 18.9. The minimum atomic E-state index is -0.756. The van der Waals surface area contributed by atoms with Crippen LogP contribution in [0.25, 0.3) is 11.4 Å². The van der Waals surface area contributed by atoms with Gasteiger partial charge in [-0.15, -0.1) is 0 Å². The summed E-state index contributed by atoms with van der Waals surface area (Å²) in [6.45, 7) is 4.86. The summed E-state index contributed by atoms with van der Waals surface area (Å²) in [4.78, 5) is 32.0. The molecule has 1 unspecified atom stereocenters. The van der Waals surface area contributed by atoms with Crippen molar-refractivity contribution in [1.82, 2.24) is 14.3 Å². The second-order valence-electron chi connectivity index (χ2n) is 7.88. The van der Waals surface area contributed by atoms with Crippen molar-refractivity contribution in [2.45, 2.75) is 26.3 Å². The lowest BCUT2D eigenvalue weighted by atomic mass is 9.96. The largest absolute Gasteiger partial charge is 0.505 e. The highest BCUT2D eigenvalue weighted by molar-refractivity contribution is 6.46. The molecule has 4 rings (SSSR count). The number of amides is 1. The molecular weight excluding hydrogens is 422 g/mol. The zero-order chi connectivity index (χ0) is 23.5. The van der Waals surface area contributed by atoms with E-state index in [0.29, 0.717) is 35.0 Å². The van der Waals surface area contributed by atoms with Crippen LogP contribution in [0.3, 0.4) is 0 Å². The third-order valence-electron chi connectivity index (χ3n) is 5.67. The number of hydrogen-bond acceptors (Lipinski definition) is 6. The number of hydrogen-bond donors (Lipinski definition) is 1. The Morgan fingerprint density at radius 1 is 1.12 bits per heavy atom. The number of likely N-dealkylation sites (tertiary alicyclic amines) is 1. The van der Waals surface area contributed by atoms with Crippen LogP contribution in [-0.2, 0) is 14.3 Å². The second-order valence-corrected chi connectivity index (χ2v) is 7.88. The van der Waals surface area contributed by atoms with Gasteiger partial charge in [-0.2, -0.15) is 0 Å². The highest BCUT2D eigenvalue weighted by Crippen LogP contribution is 2.40. The molecule has 1 aromatic carbocycles. The van der Waals surface area contributed by atoms with Crippen LogP contribution in [0.1, 0.15) is 36.3 Å². The third-order valence-corrected chi connectivity index (χ3v) is 5.67. The van der Waals surface area contributed by atoms with E-state index in [-0.39, 0.29) is 24.5 Å². The molecule has 0 aliphatic carbocycles. The van der Waals surface area contributed by atoms with Crippen molar-refractivity contribution in [2.75, 3.05) is 26.9 Å². The van der Waals surface area contributed by atoms with Gasteiger partial charge < -0.3 is 19.5 Å². The Kier molecular flexibility index (Phi) is 6.46. The van der Waals surface area contributed by atoms with Gasteiger partial charge in [0.25, 0.3) is 11.7 Å². The Hall–Kier alpha value is -3.65. The van der Waals surface area contributed by atoms with Crippen molar-refractivity contribution < 1.29 is 24.2 Å². The predicted octanol–water partition coefficient (Wildman–Crippen LogP) is 3.50. The van der Waals surface area contributed by atoms with Crippen molar-refractivity contribution >= 4 is 23.1 Å². The molecular formula is C25H27N3O5. The molecule has 0 spiro atoms. The molecule has 3 heterocycles. The summed E-state index contributed by atoms with van der Waals surface area (Å²) in [5, 5.41) is 11.4. The summed E-state index contributed by atoms with van der Waals surface area (Å²) in [6.07, 6.45) is 2.65. The van der Waals surface area contributed by atoms with E-state index >= 15 is 0 Å². The maximum atomic E-state index is 13.2. The van der Waals surface area contributed by atoms with Gasteiger partial charge in [-0.3, -0.25) is 14.0 Å². The Balaban J connectivity index is 1.86. The van der Waals surface area contributed by atoms with Gasteiger partial charge in [-0.05, 0) is 43.2 Å². The van der Waals surface area contributed by atoms with Crippen molar-refractivity contribution in [1.29, 1.82) is 0 Å². The van der Waals surface area contributed by atoms with E-state index in [9.17, 15) is 14.7 Å². The van der Waals surface area contributed by atoms with Gasteiger partial charge in [0.2, 0.25) is 0 Å². The normalized spacial score (nSPS) is 17.8. The molecule has 172 valence electrons. The molecule has 8 heteroatoms. The quantitative estimate of drug-likeness (QED) is 0.321. The number of fused-ring (bicyclic) bond motifs is 1. The first kappa shape index (κ1) is 22.5. The lowest BCUT2D eigenvalue weighted by Gasteiger charge is -2.25. The van der Waals surface area contributed by atoms with E-state index in [1.807, 2.05) is 37.3 Å². The Bertz CT molecular complexity index is 1210. The van der Waals surface area contributed by atoms with Crippen LogP contribution >= 0.6 is 0 Å². The Morgan fingerprint density at radius 2 is 1.88 bits per heavy atom. The smallest absolute Gasteiger partial charge is 0.295 e. The number of methoxy groups -OCH3 is 1. The molecule has 1 fully saturated rings. The van der Waals surface area contributed by atoms with Crippen LogP contribution in [0, 0.1) is 6.92 Å². The Morgan fingerprint density at radius 3 is 2.58 bits per heavy atom. The van der Waals surface area contributed by atoms with Crippen molar-refractivity contribution in [3.05, 3.63) is 71.2 Å². The fourth-order valence-corrected chi connectivity index (χ4v) is 4.14. The highest BCUT2D eigenvalue weighted by atomic mass is 16.5. The number of aryl methyl sites for hydroxylation is 1. The van der Waals surface area contributed by atoms with Crippen molar-refractivity contribution in [3.8, 4) is 5.75 Å². The average molecular weight is 450 g/mol. The summed E-state index contributed by atoms with van der Waals surface area (Å²) in [5.74, 6) is -0.950. The summed E-state index contributed by atoms with van der Waals surface area (Å²) in [7, 11) is 1.53. The van der Waals surface area contributed by atoms with Gasteiger partial charge in [-0.1, -0.05) is 25.1 Å². The lowest BCUT2D eigenvalue weighted by molar-refractivity contribution is -0.140. The van der Waals surface area contributed by atoms with E-state index in [2.05, 4.69) is 4.98 Å². The monoisotopic (exact) mass is 449 g/mol. The number of Topliss-reactive ketones (excluding diaryl/α,β-unsaturated/α-hetero) is 1. The number of aromatic nitrogens is 2. The van der Waals surface area contributed by atoms with Crippen LogP contribution in [-0.4, -0.2) is 57.9 Å². The van der Waals surface area contributed by atoms with Gasteiger partial charge in [0.15, 0.2) is 5.76 Å². The van der Waals surface area contributed by atoms with Crippen molar-refractivity contribution in [3.63, 3.8) is 0 Å². The van der Waals surface area contributed by atoms with Crippen LogP contribution in [0.5, 0.6) is 5.75 Å². The first-order chi connectivity index (χ1) is 16.0. The summed E-state index contributed by atoms with van der Waals surface area (Å²) >= 11 is 0. The molecule has 0 radical (unpaired) electrons. The summed E-state index contributed by atoms with van der Waals surface area (Å²) in [6, 6.07) is 12.0. The zero-order valence-electron chi connectivity index (χ0n) is 18.9. The van der Waals surface area contributed by atoms with Gasteiger partial charge in [0.05, 0.1) is 30.5 Å². The number of ether oxygens (including phenoxy) is 2. The standard InChI is InChI=1S/C25H27N3O5/c1-4-14-33-18-10-8-17(9-11-18)22-20(24(30)25(31)28(22)13-15-32-3)23(29)21-16(2)26-19-7-5-6-12-27(19)21/h5-12,22,29H,4,13-15H2,1-3H3. The van der Waals surface area contributed by atoms with E-state index < -0.39 is 17.7 Å². The molecule has 1 atom stereocenters. The SMILES string of the molecule is CCCOc1ccc(C2C(=C(O)c3c(C)nc4ccccn34)C(=O)C(=O)N2CCOC)cc1. The molecule has 2 aromatic heterocycles. The number of rotatable bonds is 8. The first-order valence-electron chi connectivity index (χ1n) is 10.9. The number of aliphatic hydroxyl groups is 1. The maximum Gasteiger partial charge on any atom is 0.295 e. The number of aliphatic hydroxyl groups excluding tert-OH is 1. The van der Waals surface area contributed by atoms with Crippen LogP contribution in [0.15, 0.2) is 54.2 Å². The number of carbonyl (C=O) groups excluding carboxylic acids is 2. The molecule has 0 bridgehead atoms. The molecule has 0 saturated carbocycles. The maximum absolute atomic E-state index is 13.2. The summed E-state index contributed by atoms with van der Waals surface area (Å²) < 4.78 is 12.5. The molecule has 1 amide bonds. The molecule has 1 N–H and O–H groups in total. The predicted molar refractivity (Wildman–Crippen MR) is 123 cm³/mol. The number of ketones is 1. The minimum Gasteiger partial charge on any atom is -0.505 e. The van der Waals surface area contributed by atoms with E-state index in [1.54, 1.807) is 29.7 Å². The topological polar surface area (TPSA) is 93.4 Å². The number of carbonyl (C=O) groups is 2. The Labute approximate surface area is 192 Å². The number of pyridine rings is 1.